The summed E-state index contributed by atoms with van der Waals surface area (Å²) in [6.07, 6.45) is 4.68. The van der Waals surface area contributed by atoms with Crippen LogP contribution in [0.3, 0.4) is 0 Å². The standard InChI is InChI=1S/C18H11Cl2FN2O2/c19-12-3-4-13(20)17(21)16(12)18(25)11-7-14(23-9-11)15(24)6-10-2-1-5-22-8-10/h1-5,7-9,23H,6H2. The molecule has 0 aliphatic carbocycles. The molecule has 0 fully saturated rings. The molecule has 0 radical (unpaired) electrons. The number of carbonyl (C=O) groups is 2. The molecule has 0 aliphatic heterocycles. The number of benzene rings is 1. The van der Waals surface area contributed by atoms with Crippen molar-refractivity contribution < 1.29 is 14.0 Å². The lowest BCUT2D eigenvalue weighted by atomic mass is 10.0. The van der Waals surface area contributed by atoms with E-state index in [1.807, 2.05) is 0 Å². The van der Waals surface area contributed by atoms with Crippen molar-refractivity contribution in [2.45, 2.75) is 6.42 Å². The molecule has 25 heavy (non-hydrogen) atoms. The molecule has 1 N–H and O–H groups in total. The Labute approximate surface area is 152 Å². The quantitative estimate of drug-likeness (QED) is 0.526. The molecule has 0 spiro atoms. The number of hydrogen-bond acceptors (Lipinski definition) is 3. The molecule has 0 saturated heterocycles. The topological polar surface area (TPSA) is 62.8 Å². The molecule has 2 heterocycles. The average Bonchev–Trinajstić information content (AvgIpc) is 3.09. The van der Waals surface area contributed by atoms with Crippen LogP contribution < -0.4 is 0 Å². The van der Waals surface area contributed by atoms with Gasteiger partial charge in [0, 0.05) is 30.6 Å². The maximum absolute atomic E-state index is 14.1. The Balaban J connectivity index is 1.85. The highest BCUT2D eigenvalue weighted by Gasteiger charge is 2.22. The summed E-state index contributed by atoms with van der Waals surface area (Å²) in [7, 11) is 0. The average molecular weight is 377 g/mol. The predicted octanol–water partition coefficient (Wildman–Crippen LogP) is 4.51. The first-order valence-electron chi connectivity index (χ1n) is 7.26. The molecule has 1 aromatic carbocycles. The number of Topliss-reactive ketones (excluding diaryl/α,β-unsaturated/α-hetero) is 1. The number of nitrogens with zero attached hydrogens (tertiary/aromatic N) is 1. The van der Waals surface area contributed by atoms with Crippen molar-refractivity contribution in [3.05, 3.63) is 87.2 Å². The van der Waals surface area contributed by atoms with E-state index in [9.17, 15) is 14.0 Å². The molecule has 0 saturated carbocycles. The van der Waals surface area contributed by atoms with E-state index in [-0.39, 0.29) is 39.1 Å². The number of carbonyl (C=O) groups excluding carboxylic acids is 2. The van der Waals surface area contributed by atoms with Gasteiger partial charge in [0.15, 0.2) is 17.4 Å². The summed E-state index contributed by atoms with van der Waals surface area (Å²) >= 11 is 11.6. The number of halogens is 3. The number of H-pyrrole nitrogens is 1. The van der Waals surface area contributed by atoms with Gasteiger partial charge in [-0.05, 0) is 29.8 Å². The molecule has 0 aliphatic rings. The molecule has 0 amide bonds. The highest BCUT2D eigenvalue weighted by Crippen LogP contribution is 2.28. The fraction of sp³-hybridized carbons (Fsp3) is 0.0556. The summed E-state index contributed by atoms with van der Waals surface area (Å²) in [5.41, 5.74) is 0.793. The predicted molar refractivity (Wildman–Crippen MR) is 92.9 cm³/mol. The van der Waals surface area contributed by atoms with Gasteiger partial charge in [0.2, 0.25) is 0 Å². The summed E-state index contributed by atoms with van der Waals surface area (Å²) in [6, 6.07) is 7.51. The summed E-state index contributed by atoms with van der Waals surface area (Å²) < 4.78 is 14.1. The van der Waals surface area contributed by atoms with Gasteiger partial charge >= 0.3 is 0 Å². The molecular weight excluding hydrogens is 366 g/mol. The van der Waals surface area contributed by atoms with E-state index >= 15 is 0 Å². The molecule has 0 bridgehead atoms. The summed E-state index contributed by atoms with van der Waals surface area (Å²) in [6.45, 7) is 0. The second-order valence-corrected chi connectivity index (χ2v) is 6.12. The zero-order valence-electron chi connectivity index (χ0n) is 12.7. The van der Waals surface area contributed by atoms with Crippen LogP contribution >= 0.6 is 23.2 Å². The van der Waals surface area contributed by atoms with Crippen molar-refractivity contribution in [2.24, 2.45) is 0 Å². The first-order chi connectivity index (χ1) is 12.0. The van der Waals surface area contributed by atoms with E-state index in [1.165, 1.54) is 24.4 Å². The minimum Gasteiger partial charge on any atom is -0.358 e. The van der Waals surface area contributed by atoms with E-state index in [2.05, 4.69) is 9.97 Å². The Morgan fingerprint density at radius 2 is 1.92 bits per heavy atom. The number of pyridine rings is 1. The Morgan fingerprint density at radius 1 is 1.16 bits per heavy atom. The largest absolute Gasteiger partial charge is 0.358 e. The van der Waals surface area contributed by atoms with Gasteiger partial charge < -0.3 is 4.98 Å². The van der Waals surface area contributed by atoms with Crippen LogP contribution in [-0.4, -0.2) is 21.5 Å². The van der Waals surface area contributed by atoms with E-state index < -0.39 is 11.6 Å². The van der Waals surface area contributed by atoms with Gasteiger partial charge in [-0.15, -0.1) is 0 Å². The molecule has 3 aromatic rings. The molecule has 3 rings (SSSR count). The van der Waals surface area contributed by atoms with Crippen LogP contribution in [-0.2, 0) is 6.42 Å². The van der Waals surface area contributed by atoms with Crippen LogP contribution in [0.5, 0.6) is 0 Å². The minimum atomic E-state index is -0.886. The van der Waals surface area contributed by atoms with E-state index in [1.54, 1.807) is 24.5 Å². The first kappa shape index (κ1) is 17.3. The highest BCUT2D eigenvalue weighted by molar-refractivity contribution is 6.37. The number of rotatable bonds is 5. The van der Waals surface area contributed by atoms with Gasteiger partial charge in [0.1, 0.15) is 0 Å². The number of nitrogens with one attached hydrogen (secondary N) is 1. The maximum Gasteiger partial charge on any atom is 0.199 e. The molecule has 0 atom stereocenters. The second-order valence-electron chi connectivity index (χ2n) is 5.31. The fourth-order valence-corrected chi connectivity index (χ4v) is 2.74. The summed E-state index contributed by atoms with van der Waals surface area (Å²) in [5, 5.41) is -0.243. The molecule has 2 aromatic heterocycles. The summed E-state index contributed by atoms with van der Waals surface area (Å²) in [4.78, 5) is 31.5. The molecule has 7 heteroatoms. The van der Waals surface area contributed by atoms with Gasteiger partial charge in [-0.1, -0.05) is 29.3 Å². The Morgan fingerprint density at radius 3 is 2.64 bits per heavy atom. The van der Waals surface area contributed by atoms with Crippen LogP contribution in [0, 0.1) is 5.82 Å². The first-order valence-corrected chi connectivity index (χ1v) is 8.01. The van der Waals surface area contributed by atoms with Crippen molar-refractivity contribution >= 4 is 34.8 Å². The monoisotopic (exact) mass is 376 g/mol. The number of ketones is 2. The van der Waals surface area contributed by atoms with Gasteiger partial charge in [-0.25, -0.2) is 4.39 Å². The summed E-state index contributed by atoms with van der Waals surface area (Å²) in [5.74, 6) is -1.75. The SMILES string of the molecule is O=C(Cc1cccnc1)c1cc(C(=O)c2c(Cl)ccc(Cl)c2F)c[nH]1. The van der Waals surface area contributed by atoms with Crippen molar-refractivity contribution in [3.8, 4) is 0 Å². The van der Waals surface area contributed by atoms with Gasteiger partial charge in [0.25, 0.3) is 0 Å². The second kappa shape index (κ2) is 7.17. The lowest BCUT2D eigenvalue weighted by molar-refractivity contribution is 0.0988. The molecule has 4 nitrogen and oxygen atoms in total. The number of aromatic nitrogens is 2. The third-order valence-corrected chi connectivity index (χ3v) is 4.21. The maximum atomic E-state index is 14.1. The van der Waals surface area contributed by atoms with E-state index in [0.717, 1.165) is 5.56 Å². The zero-order valence-corrected chi connectivity index (χ0v) is 14.2. The Hall–Kier alpha value is -2.50. The van der Waals surface area contributed by atoms with Crippen LogP contribution in [0.25, 0.3) is 0 Å². The molecule has 126 valence electrons. The van der Waals surface area contributed by atoms with Crippen LogP contribution in [0.15, 0.2) is 48.9 Å². The smallest absolute Gasteiger partial charge is 0.199 e. The van der Waals surface area contributed by atoms with Crippen LogP contribution in [0.4, 0.5) is 4.39 Å². The number of aromatic amines is 1. The molecule has 0 unspecified atom stereocenters. The Bertz CT molecular complexity index is 955. The Kier molecular flexibility index (Phi) is 4.97. The lowest BCUT2D eigenvalue weighted by Gasteiger charge is -2.05. The van der Waals surface area contributed by atoms with Crippen molar-refractivity contribution in [1.82, 2.24) is 9.97 Å². The normalized spacial score (nSPS) is 10.7. The van der Waals surface area contributed by atoms with Crippen molar-refractivity contribution in [1.29, 1.82) is 0 Å². The van der Waals surface area contributed by atoms with Crippen LogP contribution in [0.1, 0.15) is 32.0 Å². The van der Waals surface area contributed by atoms with Crippen LogP contribution in [0.2, 0.25) is 10.0 Å². The highest BCUT2D eigenvalue weighted by atomic mass is 35.5. The third-order valence-electron chi connectivity index (χ3n) is 3.60. The molecular formula is C18H11Cl2FN2O2. The van der Waals surface area contributed by atoms with Crippen molar-refractivity contribution in [2.75, 3.05) is 0 Å². The number of hydrogen-bond donors (Lipinski definition) is 1. The lowest BCUT2D eigenvalue weighted by Crippen LogP contribution is -2.06. The van der Waals surface area contributed by atoms with Gasteiger partial charge in [-0.2, -0.15) is 0 Å². The van der Waals surface area contributed by atoms with E-state index in [4.69, 9.17) is 23.2 Å². The van der Waals surface area contributed by atoms with Crippen molar-refractivity contribution in [3.63, 3.8) is 0 Å². The minimum absolute atomic E-state index is 0.0451. The van der Waals surface area contributed by atoms with E-state index in [0.29, 0.717) is 0 Å². The zero-order chi connectivity index (χ0) is 18.0. The van der Waals surface area contributed by atoms with Gasteiger partial charge in [0.05, 0.1) is 21.3 Å². The third kappa shape index (κ3) is 3.62. The van der Waals surface area contributed by atoms with Gasteiger partial charge in [-0.3, -0.25) is 14.6 Å². The fourth-order valence-electron chi connectivity index (χ4n) is 2.35.